The van der Waals surface area contributed by atoms with Gasteiger partial charge in [0.1, 0.15) is 4.47 Å². The molecule has 0 spiro atoms. The minimum atomic E-state index is -1.00. The molecule has 0 aliphatic heterocycles. The molecule has 0 N–H and O–H groups in total. The Hall–Kier alpha value is -0.260. The summed E-state index contributed by atoms with van der Waals surface area (Å²) in [4.78, 5) is 21.6. The lowest BCUT2D eigenvalue weighted by Crippen LogP contribution is -2.17. The van der Waals surface area contributed by atoms with Gasteiger partial charge in [-0.2, -0.15) is 0 Å². The smallest absolute Gasteiger partial charge is 0.357 e. The summed E-state index contributed by atoms with van der Waals surface area (Å²) < 4.78 is 5.24. The van der Waals surface area contributed by atoms with Gasteiger partial charge in [-0.15, -0.1) is 11.6 Å². The van der Waals surface area contributed by atoms with Gasteiger partial charge in [0.05, 0.1) is 5.88 Å². The highest BCUT2D eigenvalue weighted by atomic mass is 79.9. The van der Waals surface area contributed by atoms with Gasteiger partial charge in [0.2, 0.25) is 0 Å². The number of aromatic nitrogens is 1. The van der Waals surface area contributed by atoms with E-state index >= 15 is 0 Å². The molecule has 1 aromatic heterocycles. The molecule has 0 amide bonds. The van der Waals surface area contributed by atoms with E-state index in [1.807, 2.05) is 0 Å². The highest BCUT2D eigenvalue weighted by Crippen LogP contribution is 2.15. The van der Waals surface area contributed by atoms with Crippen LogP contribution in [-0.4, -0.2) is 10.1 Å². The van der Waals surface area contributed by atoms with Gasteiger partial charge in [-0.05, 0) is 27.5 Å². The van der Waals surface area contributed by atoms with Gasteiger partial charge in [0.25, 0.3) is 0 Å². The average molecular weight is 275 g/mol. The van der Waals surface area contributed by atoms with Crippen LogP contribution >= 0.6 is 39.1 Å². The standard InChI is InChI=1S/C5H2BrCl2NO3/c6-3-2(1-7)12-9(4(3)10)5(8)11/h1H2. The third-order valence-corrected chi connectivity index (χ3v) is 2.28. The van der Waals surface area contributed by atoms with Gasteiger partial charge < -0.3 is 4.52 Å². The number of carbonyl (C=O) groups is 1. The zero-order chi connectivity index (χ0) is 9.30. The van der Waals surface area contributed by atoms with Crippen molar-refractivity contribution in [3.63, 3.8) is 0 Å². The summed E-state index contributed by atoms with van der Waals surface area (Å²) in [6, 6.07) is 0. The van der Waals surface area contributed by atoms with Crippen LogP contribution in [-0.2, 0) is 5.88 Å². The highest BCUT2D eigenvalue weighted by molar-refractivity contribution is 9.10. The average Bonchev–Trinajstić information content (AvgIpc) is 2.30. The fourth-order valence-corrected chi connectivity index (χ4v) is 1.43. The summed E-state index contributed by atoms with van der Waals surface area (Å²) in [5.41, 5.74) is -0.648. The van der Waals surface area contributed by atoms with E-state index in [9.17, 15) is 9.59 Å². The van der Waals surface area contributed by atoms with Crippen LogP contribution in [0.4, 0.5) is 4.79 Å². The van der Waals surface area contributed by atoms with Gasteiger partial charge in [0.15, 0.2) is 5.76 Å². The number of alkyl halides is 1. The van der Waals surface area contributed by atoms with Crippen molar-refractivity contribution in [3.05, 3.63) is 20.6 Å². The van der Waals surface area contributed by atoms with Crippen molar-refractivity contribution in [2.75, 3.05) is 0 Å². The third kappa shape index (κ3) is 1.57. The first-order chi connectivity index (χ1) is 5.57. The monoisotopic (exact) mass is 273 g/mol. The molecule has 0 unspecified atom stereocenters. The minimum absolute atomic E-state index is 0.00695. The number of hydrogen-bond donors (Lipinski definition) is 0. The van der Waals surface area contributed by atoms with Crippen LogP contribution in [0.25, 0.3) is 0 Å². The number of rotatable bonds is 1. The van der Waals surface area contributed by atoms with Gasteiger partial charge in [-0.3, -0.25) is 9.59 Å². The number of halogens is 3. The second-order valence-corrected chi connectivity index (χ2v) is 3.20. The Morgan fingerprint density at radius 2 is 2.25 bits per heavy atom. The van der Waals surface area contributed by atoms with Crippen LogP contribution in [0.2, 0.25) is 0 Å². The maximum atomic E-state index is 11.0. The Labute approximate surface area is 85.1 Å². The molecule has 12 heavy (non-hydrogen) atoms. The van der Waals surface area contributed by atoms with E-state index in [1.165, 1.54) is 0 Å². The molecule has 1 aromatic rings. The van der Waals surface area contributed by atoms with Crippen molar-refractivity contribution >= 4 is 44.5 Å². The van der Waals surface area contributed by atoms with Crippen molar-refractivity contribution in [2.45, 2.75) is 5.88 Å². The van der Waals surface area contributed by atoms with E-state index in [1.54, 1.807) is 0 Å². The molecule has 0 aliphatic carbocycles. The first kappa shape index (κ1) is 9.83. The Kier molecular flexibility index (Phi) is 2.98. The molecule has 0 aliphatic rings. The second-order valence-electron chi connectivity index (χ2n) is 1.81. The van der Waals surface area contributed by atoms with Crippen molar-refractivity contribution in [1.82, 2.24) is 4.74 Å². The third-order valence-electron chi connectivity index (χ3n) is 1.10. The van der Waals surface area contributed by atoms with Gasteiger partial charge in [-0.25, -0.2) is 0 Å². The van der Waals surface area contributed by atoms with Crippen molar-refractivity contribution < 1.29 is 9.32 Å². The Morgan fingerprint density at radius 3 is 2.50 bits per heavy atom. The van der Waals surface area contributed by atoms with E-state index in [-0.39, 0.29) is 16.1 Å². The van der Waals surface area contributed by atoms with Crippen molar-refractivity contribution in [3.8, 4) is 0 Å². The van der Waals surface area contributed by atoms with E-state index in [4.69, 9.17) is 27.7 Å². The molecule has 0 fully saturated rings. The normalized spacial score (nSPS) is 10.2. The zero-order valence-electron chi connectivity index (χ0n) is 5.51. The summed E-state index contributed by atoms with van der Waals surface area (Å²) in [5, 5.41) is -1.00. The van der Waals surface area contributed by atoms with Crippen LogP contribution in [0.3, 0.4) is 0 Å². The minimum Gasteiger partial charge on any atom is -0.369 e. The molecule has 0 saturated heterocycles. The molecular weight excluding hydrogens is 273 g/mol. The molecule has 0 atom stereocenters. The van der Waals surface area contributed by atoms with E-state index in [0.717, 1.165) is 0 Å². The van der Waals surface area contributed by atoms with Gasteiger partial charge in [0, 0.05) is 0 Å². The topological polar surface area (TPSA) is 52.2 Å². The fourth-order valence-electron chi connectivity index (χ4n) is 0.599. The predicted molar refractivity (Wildman–Crippen MR) is 46.9 cm³/mol. The van der Waals surface area contributed by atoms with Crippen LogP contribution < -0.4 is 5.56 Å². The first-order valence-electron chi connectivity index (χ1n) is 2.74. The summed E-state index contributed by atoms with van der Waals surface area (Å²) in [7, 11) is 0. The lowest BCUT2D eigenvalue weighted by atomic mass is 10.5. The largest absolute Gasteiger partial charge is 0.369 e. The first-order valence-corrected chi connectivity index (χ1v) is 4.45. The van der Waals surface area contributed by atoms with Crippen LogP contribution in [0, 0.1) is 0 Å². The Bertz CT molecular complexity index is 369. The molecule has 66 valence electrons. The van der Waals surface area contributed by atoms with Crippen LogP contribution in [0.15, 0.2) is 13.8 Å². The quantitative estimate of drug-likeness (QED) is 0.582. The van der Waals surface area contributed by atoms with E-state index in [0.29, 0.717) is 4.74 Å². The van der Waals surface area contributed by atoms with Gasteiger partial charge >= 0.3 is 10.9 Å². The molecule has 7 heteroatoms. The number of carbonyl (C=O) groups excluding carboxylic acids is 1. The van der Waals surface area contributed by atoms with E-state index in [2.05, 4.69) is 15.9 Å². The molecule has 0 bridgehead atoms. The molecule has 1 rings (SSSR count). The Balaban J connectivity index is 3.35. The van der Waals surface area contributed by atoms with Crippen LogP contribution in [0.5, 0.6) is 0 Å². The summed E-state index contributed by atoms with van der Waals surface area (Å²) >= 11 is 13.3. The summed E-state index contributed by atoms with van der Waals surface area (Å²) in [6.07, 6.45) is 0. The van der Waals surface area contributed by atoms with Crippen LogP contribution in [0.1, 0.15) is 5.76 Å². The number of nitrogens with zero attached hydrogens (tertiary/aromatic N) is 1. The van der Waals surface area contributed by atoms with Gasteiger partial charge in [-0.1, -0.05) is 4.74 Å². The second kappa shape index (κ2) is 3.64. The highest BCUT2D eigenvalue weighted by Gasteiger charge is 2.16. The van der Waals surface area contributed by atoms with E-state index < -0.39 is 10.9 Å². The molecule has 0 radical (unpaired) electrons. The molecule has 4 nitrogen and oxygen atoms in total. The lowest BCUT2D eigenvalue weighted by Gasteiger charge is -1.86. The predicted octanol–water partition coefficient (Wildman–Crippen LogP) is 2.15. The van der Waals surface area contributed by atoms with Crippen molar-refractivity contribution in [2.24, 2.45) is 0 Å². The SMILES string of the molecule is O=C(Cl)n1oc(CCl)c(Br)c1=O. The summed E-state index contributed by atoms with van der Waals surface area (Å²) in [6.45, 7) is 0. The molecule has 0 saturated carbocycles. The number of hydrogen-bond acceptors (Lipinski definition) is 3. The maximum absolute atomic E-state index is 11.0. The summed E-state index contributed by atoms with van der Waals surface area (Å²) in [5.74, 6) is 0.170. The van der Waals surface area contributed by atoms with Crippen molar-refractivity contribution in [1.29, 1.82) is 0 Å². The molecule has 1 heterocycles. The molecule has 0 aromatic carbocycles. The maximum Gasteiger partial charge on any atom is 0.357 e. The Morgan fingerprint density at radius 1 is 1.67 bits per heavy atom. The lowest BCUT2D eigenvalue weighted by molar-refractivity contribution is 0.226. The molecular formula is C5H2BrCl2NO3. The fraction of sp³-hybridized carbons (Fsp3) is 0.200. The zero-order valence-corrected chi connectivity index (χ0v) is 8.61.